The molecule has 0 saturated carbocycles. The number of nitrogens with one attached hydrogen (secondary N) is 1. The minimum Gasteiger partial charge on any atom is -0.444 e. The van der Waals surface area contributed by atoms with Crippen LogP contribution in [-0.4, -0.2) is 28.7 Å². The van der Waals surface area contributed by atoms with Gasteiger partial charge in [0.25, 0.3) is 0 Å². The third-order valence-corrected chi connectivity index (χ3v) is 1.84. The zero-order chi connectivity index (χ0) is 13.6. The van der Waals surface area contributed by atoms with Crippen molar-refractivity contribution in [2.75, 3.05) is 0 Å². The van der Waals surface area contributed by atoms with Gasteiger partial charge in [-0.25, -0.2) is 4.79 Å². The first-order valence-electron chi connectivity index (χ1n) is 5.54. The smallest absolute Gasteiger partial charge is 0.411 e. The summed E-state index contributed by atoms with van der Waals surface area (Å²) in [6.45, 7) is 10.4. The van der Waals surface area contributed by atoms with Crippen LogP contribution in [0, 0.1) is 0 Å². The van der Waals surface area contributed by atoms with Crippen LogP contribution >= 0.6 is 0 Å². The molecule has 0 spiro atoms. The maximum atomic E-state index is 11.3. The lowest BCUT2D eigenvalue weighted by Crippen LogP contribution is -2.33. The number of ether oxygens (including phenoxy) is 1. The molecule has 17 heavy (non-hydrogen) atoms. The lowest BCUT2D eigenvalue weighted by molar-refractivity contribution is -0.126. The van der Waals surface area contributed by atoms with Crippen molar-refractivity contribution in [1.29, 1.82) is 0 Å². The number of aliphatic hydroxyl groups excluding tert-OH is 1. The summed E-state index contributed by atoms with van der Waals surface area (Å²) in [6.07, 6.45) is -1.51. The van der Waals surface area contributed by atoms with Gasteiger partial charge in [-0.05, 0) is 20.8 Å². The largest absolute Gasteiger partial charge is 0.444 e. The zero-order valence-electron chi connectivity index (χ0n) is 10.9. The molecule has 0 aliphatic heterocycles. The van der Waals surface area contributed by atoms with Crippen LogP contribution in [0.1, 0.15) is 40.5 Å². The second-order valence-corrected chi connectivity index (χ2v) is 4.77. The molecule has 1 atom stereocenters. The van der Waals surface area contributed by atoms with Gasteiger partial charge in [0.1, 0.15) is 11.7 Å². The maximum Gasteiger partial charge on any atom is 0.411 e. The van der Waals surface area contributed by atoms with Crippen molar-refractivity contribution in [3.05, 3.63) is 12.3 Å². The average molecular weight is 243 g/mol. The van der Waals surface area contributed by atoms with Gasteiger partial charge < -0.3 is 9.84 Å². The lowest BCUT2D eigenvalue weighted by atomic mass is 10.1. The van der Waals surface area contributed by atoms with E-state index in [1.54, 1.807) is 27.7 Å². The van der Waals surface area contributed by atoms with Crippen LogP contribution in [0.5, 0.6) is 0 Å². The van der Waals surface area contributed by atoms with Crippen molar-refractivity contribution in [1.82, 2.24) is 5.32 Å². The molecule has 0 radical (unpaired) electrons. The van der Waals surface area contributed by atoms with E-state index in [4.69, 9.17) is 4.74 Å². The molecule has 0 aromatic carbocycles. The number of aliphatic hydroxyl groups is 1. The molecule has 5 heteroatoms. The van der Waals surface area contributed by atoms with Gasteiger partial charge >= 0.3 is 6.09 Å². The normalized spacial score (nSPS) is 12.8. The van der Waals surface area contributed by atoms with E-state index in [0.29, 0.717) is 0 Å². The Kier molecular flexibility index (Phi) is 5.88. The highest BCUT2D eigenvalue weighted by molar-refractivity contribution is 5.82. The van der Waals surface area contributed by atoms with E-state index in [1.165, 1.54) is 0 Å². The molecule has 2 N–H and O–H groups in total. The number of carbonyl (C=O) groups is 2. The fourth-order valence-electron chi connectivity index (χ4n) is 1.08. The van der Waals surface area contributed by atoms with Gasteiger partial charge in [0.2, 0.25) is 0 Å². The Bertz CT molecular complexity index is 304. The van der Waals surface area contributed by atoms with E-state index in [1.807, 2.05) is 0 Å². The first kappa shape index (κ1) is 15.6. The standard InChI is InChI=1S/C12H21NO4/c1-6-9(14)10(15)7-8(2)13-11(16)17-12(3,4)5/h10,15H,2,6-7H2,1,3-5H3,(H,13,16). The van der Waals surface area contributed by atoms with Crippen molar-refractivity contribution < 1.29 is 19.4 Å². The first-order chi connectivity index (χ1) is 7.65. The summed E-state index contributed by atoms with van der Waals surface area (Å²) in [6, 6.07) is 0. The maximum absolute atomic E-state index is 11.3. The minimum atomic E-state index is -1.12. The van der Waals surface area contributed by atoms with Crippen molar-refractivity contribution in [3.63, 3.8) is 0 Å². The number of hydrogen-bond acceptors (Lipinski definition) is 4. The Morgan fingerprint density at radius 2 is 1.94 bits per heavy atom. The number of alkyl carbamates (subject to hydrolysis) is 1. The molecular weight excluding hydrogens is 222 g/mol. The summed E-state index contributed by atoms with van der Waals surface area (Å²) in [7, 11) is 0. The highest BCUT2D eigenvalue weighted by Gasteiger charge is 2.19. The Hall–Kier alpha value is -1.36. The van der Waals surface area contributed by atoms with E-state index < -0.39 is 17.8 Å². The van der Waals surface area contributed by atoms with E-state index in [2.05, 4.69) is 11.9 Å². The van der Waals surface area contributed by atoms with Crippen molar-refractivity contribution >= 4 is 11.9 Å². The monoisotopic (exact) mass is 243 g/mol. The number of ketones is 1. The van der Waals surface area contributed by atoms with Gasteiger partial charge in [-0.15, -0.1) is 0 Å². The second-order valence-electron chi connectivity index (χ2n) is 4.77. The summed E-state index contributed by atoms with van der Waals surface area (Å²) in [5.74, 6) is -0.280. The molecule has 0 aromatic rings. The third-order valence-electron chi connectivity index (χ3n) is 1.84. The zero-order valence-corrected chi connectivity index (χ0v) is 10.9. The Morgan fingerprint density at radius 3 is 2.35 bits per heavy atom. The van der Waals surface area contributed by atoms with Crippen molar-refractivity contribution in [2.24, 2.45) is 0 Å². The number of hydrogen-bond donors (Lipinski definition) is 2. The van der Waals surface area contributed by atoms with E-state index in [0.717, 1.165) is 0 Å². The Balaban J connectivity index is 4.11. The predicted molar refractivity (Wildman–Crippen MR) is 64.4 cm³/mol. The van der Waals surface area contributed by atoms with Crippen LogP contribution in [0.25, 0.3) is 0 Å². The summed E-state index contributed by atoms with van der Waals surface area (Å²) >= 11 is 0. The van der Waals surface area contributed by atoms with E-state index >= 15 is 0 Å². The van der Waals surface area contributed by atoms with Gasteiger partial charge in [-0.1, -0.05) is 13.5 Å². The fraction of sp³-hybridized carbons (Fsp3) is 0.667. The fourth-order valence-corrected chi connectivity index (χ4v) is 1.08. The first-order valence-corrected chi connectivity index (χ1v) is 5.54. The van der Waals surface area contributed by atoms with Crippen molar-refractivity contribution in [2.45, 2.75) is 52.2 Å². The quantitative estimate of drug-likeness (QED) is 0.771. The molecule has 0 rings (SSSR count). The lowest BCUT2D eigenvalue weighted by Gasteiger charge is -2.20. The molecule has 0 aliphatic carbocycles. The predicted octanol–water partition coefficient (Wildman–Crippen LogP) is 1.75. The van der Waals surface area contributed by atoms with Gasteiger partial charge in [-0.2, -0.15) is 0 Å². The van der Waals surface area contributed by atoms with Gasteiger partial charge in [0, 0.05) is 18.5 Å². The summed E-state index contributed by atoms with van der Waals surface area (Å²) in [5, 5.41) is 11.8. The molecule has 5 nitrogen and oxygen atoms in total. The molecule has 1 amide bonds. The number of Topliss-reactive ketones (excluding diaryl/α,β-unsaturated/α-hetero) is 1. The van der Waals surface area contributed by atoms with Crippen LogP contribution in [0.4, 0.5) is 4.79 Å². The second kappa shape index (κ2) is 6.39. The SMILES string of the molecule is C=C(CC(O)C(=O)CC)NC(=O)OC(C)(C)C. The average Bonchev–Trinajstić information content (AvgIpc) is 2.12. The van der Waals surface area contributed by atoms with Crippen LogP contribution in [0.15, 0.2) is 12.3 Å². The molecule has 98 valence electrons. The van der Waals surface area contributed by atoms with Crippen molar-refractivity contribution in [3.8, 4) is 0 Å². The molecule has 1 unspecified atom stereocenters. The molecule has 0 heterocycles. The van der Waals surface area contributed by atoms with Crippen LogP contribution < -0.4 is 5.32 Å². The number of amides is 1. The van der Waals surface area contributed by atoms with E-state index in [9.17, 15) is 14.7 Å². The van der Waals surface area contributed by atoms with Crippen LogP contribution in [-0.2, 0) is 9.53 Å². The van der Waals surface area contributed by atoms with Gasteiger partial charge in [0.05, 0.1) is 0 Å². The van der Waals surface area contributed by atoms with Crippen LogP contribution in [0.2, 0.25) is 0 Å². The molecule has 0 bridgehead atoms. The molecule has 0 aromatic heterocycles. The Labute approximate surface area is 102 Å². The summed E-state index contributed by atoms with van der Waals surface area (Å²) in [4.78, 5) is 22.5. The minimum absolute atomic E-state index is 0.00587. The Morgan fingerprint density at radius 1 is 1.41 bits per heavy atom. The number of carbonyl (C=O) groups excluding carboxylic acids is 2. The molecule has 0 fully saturated rings. The van der Waals surface area contributed by atoms with Gasteiger partial charge in [0.15, 0.2) is 5.78 Å². The van der Waals surface area contributed by atoms with Gasteiger partial charge in [-0.3, -0.25) is 10.1 Å². The summed E-state index contributed by atoms with van der Waals surface area (Å²) in [5.41, 5.74) is -0.337. The highest BCUT2D eigenvalue weighted by Crippen LogP contribution is 2.08. The summed E-state index contributed by atoms with van der Waals surface area (Å²) < 4.78 is 5.00. The number of rotatable bonds is 5. The van der Waals surface area contributed by atoms with E-state index in [-0.39, 0.29) is 24.3 Å². The molecule has 0 saturated heterocycles. The third kappa shape index (κ3) is 7.52. The highest BCUT2D eigenvalue weighted by atomic mass is 16.6. The molecular formula is C12H21NO4. The van der Waals surface area contributed by atoms with Crippen LogP contribution in [0.3, 0.4) is 0 Å². The topological polar surface area (TPSA) is 75.6 Å². The molecule has 0 aliphatic rings.